The Morgan fingerprint density at radius 1 is 1.07 bits per heavy atom. The third-order valence-corrected chi connectivity index (χ3v) is 7.35. The van der Waals surface area contributed by atoms with Gasteiger partial charge in [0.25, 0.3) is 5.91 Å². The van der Waals surface area contributed by atoms with Crippen LogP contribution in [-0.2, 0) is 14.8 Å². The number of nitrogens with zero attached hydrogens (tertiary/aromatic N) is 3. The van der Waals surface area contributed by atoms with Gasteiger partial charge < -0.3 is 9.80 Å². The Labute approximate surface area is 184 Å². The normalized spacial score (nSPS) is 14.9. The molecule has 0 bridgehead atoms. The monoisotopic (exact) mass is 491 g/mol. The summed E-state index contributed by atoms with van der Waals surface area (Å²) >= 11 is 3.30. The summed E-state index contributed by atoms with van der Waals surface area (Å²) in [6, 6.07) is 13.3. The van der Waals surface area contributed by atoms with Crippen molar-refractivity contribution < 1.29 is 18.0 Å². The quantitative estimate of drug-likeness (QED) is 0.602. The van der Waals surface area contributed by atoms with Crippen LogP contribution in [0.15, 0.2) is 70.6 Å². The summed E-state index contributed by atoms with van der Waals surface area (Å²) < 4.78 is 27.8. The molecule has 1 aliphatic heterocycles. The van der Waals surface area contributed by atoms with Crippen molar-refractivity contribution in [1.82, 2.24) is 9.21 Å². The van der Waals surface area contributed by atoms with E-state index in [2.05, 4.69) is 22.5 Å². The summed E-state index contributed by atoms with van der Waals surface area (Å²) in [5.74, 6) is -0.407. The molecule has 1 saturated heterocycles. The first-order valence-electron chi connectivity index (χ1n) is 9.29. The smallest absolute Gasteiger partial charge is 0.253 e. The van der Waals surface area contributed by atoms with Gasteiger partial charge in [0.1, 0.15) is 0 Å². The standard InChI is InChI=1S/C21H22BrN3O4S/c1-3-20(26)23(2)18-9-7-16(8-10-18)21(27)24-11-13-25(14-12-24)30(28,29)19-6-4-5-17(22)15-19/h3-10,15H,1,11-14H2,2H3. The molecule has 7 nitrogen and oxygen atoms in total. The van der Waals surface area contributed by atoms with Crippen LogP contribution in [0.25, 0.3) is 0 Å². The van der Waals surface area contributed by atoms with Gasteiger partial charge >= 0.3 is 0 Å². The largest absolute Gasteiger partial charge is 0.336 e. The number of piperazine rings is 1. The zero-order valence-corrected chi connectivity index (χ0v) is 18.9. The topological polar surface area (TPSA) is 78.0 Å². The average Bonchev–Trinajstić information content (AvgIpc) is 2.77. The zero-order chi connectivity index (χ0) is 21.9. The third kappa shape index (κ3) is 4.63. The maximum Gasteiger partial charge on any atom is 0.253 e. The number of likely N-dealkylation sites (N-methyl/N-ethyl adjacent to an activating group) is 1. The van der Waals surface area contributed by atoms with Crippen LogP contribution in [0.2, 0.25) is 0 Å². The van der Waals surface area contributed by atoms with E-state index in [0.717, 1.165) is 0 Å². The molecule has 158 valence electrons. The Morgan fingerprint density at radius 2 is 1.70 bits per heavy atom. The minimum atomic E-state index is -3.60. The molecule has 0 radical (unpaired) electrons. The summed E-state index contributed by atoms with van der Waals surface area (Å²) in [6.07, 6.45) is 1.22. The maximum atomic E-state index is 12.8. The summed E-state index contributed by atoms with van der Waals surface area (Å²) in [4.78, 5) is 27.8. The number of hydrogen-bond acceptors (Lipinski definition) is 4. The lowest BCUT2D eigenvalue weighted by molar-refractivity contribution is -0.113. The highest BCUT2D eigenvalue weighted by Crippen LogP contribution is 2.22. The molecule has 0 unspecified atom stereocenters. The summed E-state index contributed by atoms with van der Waals surface area (Å²) in [7, 11) is -1.97. The van der Waals surface area contributed by atoms with Crippen LogP contribution in [0.1, 0.15) is 10.4 Å². The Morgan fingerprint density at radius 3 is 2.27 bits per heavy atom. The highest BCUT2D eigenvalue weighted by Gasteiger charge is 2.30. The van der Waals surface area contributed by atoms with Crippen molar-refractivity contribution in [2.45, 2.75) is 4.90 Å². The number of halogens is 1. The molecule has 1 aliphatic rings. The van der Waals surface area contributed by atoms with Gasteiger partial charge in [-0.15, -0.1) is 0 Å². The Hall–Kier alpha value is -2.49. The van der Waals surface area contributed by atoms with E-state index in [1.807, 2.05) is 0 Å². The van der Waals surface area contributed by atoms with E-state index in [4.69, 9.17) is 0 Å². The molecule has 2 aromatic carbocycles. The fourth-order valence-electron chi connectivity index (χ4n) is 3.18. The van der Waals surface area contributed by atoms with Crippen LogP contribution >= 0.6 is 15.9 Å². The van der Waals surface area contributed by atoms with Crippen LogP contribution in [0.4, 0.5) is 5.69 Å². The lowest BCUT2D eigenvalue weighted by atomic mass is 10.1. The second-order valence-corrected chi connectivity index (χ2v) is 9.66. The first-order chi connectivity index (χ1) is 14.2. The van der Waals surface area contributed by atoms with Gasteiger partial charge in [-0.1, -0.05) is 28.6 Å². The first-order valence-corrected chi connectivity index (χ1v) is 11.5. The van der Waals surface area contributed by atoms with Gasteiger partial charge in [0.2, 0.25) is 15.9 Å². The number of rotatable bonds is 5. The van der Waals surface area contributed by atoms with Crippen molar-refractivity contribution >= 4 is 43.5 Å². The van der Waals surface area contributed by atoms with Crippen LogP contribution in [0.5, 0.6) is 0 Å². The van der Waals surface area contributed by atoms with Crippen molar-refractivity contribution in [3.05, 3.63) is 71.2 Å². The van der Waals surface area contributed by atoms with Crippen molar-refractivity contribution in [2.75, 3.05) is 38.1 Å². The Bertz CT molecular complexity index is 1060. The Balaban J connectivity index is 1.65. The van der Waals surface area contributed by atoms with Gasteiger partial charge in [0.05, 0.1) is 4.90 Å². The molecule has 0 atom stereocenters. The SMILES string of the molecule is C=CC(=O)N(C)c1ccc(C(=O)N2CCN(S(=O)(=O)c3cccc(Br)c3)CC2)cc1. The molecule has 1 fully saturated rings. The van der Waals surface area contributed by atoms with Crippen LogP contribution in [0.3, 0.4) is 0 Å². The predicted octanol–water partition coefficient (Wildman–Crippen LogP) is 2.74. The molecular weight excluding hydrogens is 470 g/mol. The average molecular weight is 492 g/mol. The van der Waals surface area contributed by atoms with Gasteiger partial charge in [0, 0.05) is 49.0 Å². The summed E-state index contributed by atoms with van der Waals surface area (Å²) in [5.41, 5.74) is 1.14. The highest BCUT2D eigenvalue weighted by molar-refractivity contribution is 9.10. The summed E-state index contributed by atoms with van der Waals surface area (Å²) in [6.45, 7) is 4.54. The number of amides is 2. The fraction of sp³-hybridized carbons (Fsp3) is 0.238. The fourth-order valence-corrected chi connectivity index (χ4v) is 5.20. The van der Waals surface area contributed by atoms with Gasteiger partial charge in [-0.3, -0.25) is 9.59 Å². The molecule has 0 aliphatic carbocycles. The molecule has 1 heterocycles. The number of benzene rings is 2. The molecule has 0 aromatic heterocycles. The van der Waals surface area contributed by atoms with E-state index >= 15 is 0 Å². The van der Waals surface area contributed by atoms with Crippen molar-refractivity contribution in [3.8, 4) is 0 Å². The van der Waals surface area contributed by atoms with Crippen LogP contribution < -0.4 is 4.90 Å². The second kappa shape index (κ2) is 9.11. The lowest BCUT2D eigenvalue weighted by Crippen LogP contribution is -2.50. The van der Waals surface area contributed by atoms with Crippen LogP contribution in [-0.4, -0.2) is 62.7 Å². The number of carbonyl (C=O) groups excluding carboxylic acids is 2. The van der Waals surface area contributed by atoms with Gasteiger partial charge in [0.15, 0.2) is 0 Å². The second-order valence-electron chi connectivity index (χ2n) is 6.80. The van der Waals surface area contributed by atoms with Crippen LogP contribution in [0, 0.1) is 0 Å². The number of hydrogen-bond donors (Lipinski definition) is 0. The molecular formula is C21H22BrN3O4S. The molecule has 0 saturated carbocycles. The molecule has 0 spiro atoms. The maximum absolute atomic E-state index is 12.8. The third-order valence-electron chi connectivity index (χ3n) is 4.97. The zero-order valence-electron chi connectivity index (χ0n) is 16.5. The van der Waals surface area contributed by atoms with Gasteiger partial charge in [-0.05, 0) is 48.5 Å². The first kappa shape index (κ1) is 22.2. The Kier molecular flexibility index (Phi) is 6.74. The molecule has 30 heavy (non-hydrogen) atoms. The molecule has 3 rings (SSSR count). The number of carbonyl (C=O) groups is 2. The van der Waals surface area contributed by atoms with E-state index < -0.39 is 10.0 Å². The van der Waals surface area contributed by atoms with E-state index in [-0.39, 0.29) is 29.8 Å². The van der Waals surface area contributed by atoms with Gasteiger partial charge in [-0.25, -0.2) is 8.42 Å². The number of sulfonamides is 1. The van der Waals surface area contributed by atoms with E-state index in [1.54, 1.807) is 60.5 Å². The summed E-state index contributed by atoms with van der Waals surface area (Å²) in [5, 5.41) is 0. The van der Waals surface area contributed by atoms with Gasteiger partial charge in [-0.2, -0.15) is 4.31 Å². The molecule has 9 heteroatoms. The predicted molar refractivity (Wildman–Crippen MR) is 119 cm³/mol. The molecule has 0 N–H and O–H groups in total. The molecule has 2 amide bonds. The molecule has 2 aromatic rings. The van der Waals surface area contributed by atoms with Crippen molar-refractivity contribution in [3.63, 3.8) is 0 Å². The van der Waals surface area contributed by atoms with Crippen molar-refractivity contribution in [2.24, 2.45) is 0 Å². The van der Waals surface area contributed by atoms with E-state index in [0.29, 0.717) is 28.8 Å². The lowest BCUT2D eigenvalue weighted by Gasteiger charge is -2.34. The van der Waals surface area contributed by atoms with E-state index in [1.165, 1.54) is 15.3 Å². The minimum absolute atomic E-state index is 0.168. The number of anilines is 1. The van der Waals surface area contributed by atoms with Crippen molar-refractivity contribution in [1.29, 1.82) is 0 Å². The highest BCUT2D eigenvalue weighted by atomic mass is 79.9. The van der Waals surface area contributed by atoms with E-state index in [9.17, 15) is 18.0 Å². The minimum Gasteiger partial charge on any atom is -0.336 e.